The van der Waals surface area contributed by atoms with Crippen molar-refractivity contribution in [3.05, 3.63) is 53.1 Å². The maximum absolute atomic E-state index is 12.7. The van der Waals surface area contributed by atoms with E-state index in [1.807, 2.05) is 0 Å². The Hall–Kier alpha value is -2.30. The second kappa shape index (κ2) is 8.38. The monoisotopic (exact) mass is 436 g/mol. The molecular formula is C17H16ClF3N2O4S. The maximum atomic E-state index is 12.7. The van der Waals surface area contributed by atoms with E-state index in [1.54, 1.807) is 0 Å². The summed E-state index contributed by atoms with van der Waals surface area (Å²) >= 11 is 5.99. The minimum Gasteiger partial charge on any atom is -0.482 e. The molecule has 152 valence electrons. The highest BCUT2D eigenvalue weighted by Gasteiger charge is 2.30. The molecule has 0 heterocycles. The number of ether oxygens (including phenoxy) is 1. The number of carbonyl (C=O) groups is 1. The molecule has 0 aromatic heterocycles. The summed E-state index contributed by atoms with van der Waals surface area (Å²) in [6.07, 6.45) is -4.53. The number of anilines is 1. The van der Waals surface area contributed by atoms with Gasteiger partial charge in [-0.15, -0.1) is 0 Å². The number of hydrogen-bond acceptors (Lipinski definition) is 4. The van der Waals surface area contributed by atoms with E-state index in [9.17, 15) is 26.4 Å². The number of benzene rings is 2. The van der Waals surface area contributed by atoms with Crippen LogP contribution < -0.4 is 10.1 Å². The molecule has 2 aromatic rings. The Kier molecular flexibility index (Phi) is 6.58. The third-order valence-electron chi connectivity index (χ3n) is 3.51. The average molecular weight is 437 g/mol. The smallest absolute Gasteiger partial charge is 0.416 e. The van der Waals surface area contributed by atoms with Crippen molar-refractivity contribution in [2.45, 2.75) is 11.1 Å². The molecule has 0 aliphatic rings. The zero-order valence-electron chi connectivity index (χ0n) is 14.7. The van der Waals surface area contributed by atoms with E-state index in [0.29, 0.717) is 0 Å². The Bertz CT molecular complexity index is 979. The first-order valence-corrected chi connectivity index (χ1v) is 9.55. The SMILES string of the molecule is CN(C)S(=O)(=O)c1ccc(OCC(=O)Nc2cccc(C(F)(F)F)c2)c(Cl)c1. The first kappa shape index (κ1) is 22.0. The van der Waals surface area contributed by atoms with Gasteiger partial charge in [-0.2, -0.15) is 13.2 Å². The molecule has 0 radical (unpaired) electrons. The molecule has 0 fully saturated rings. The molecule has 6 nitrogen and oxygen atoms in total. The van der Waals surface area contributed by atoms with E-state index in [0.717, 1.165) is 16.4 Å². The van der Waals surface area contributed by atoms with Gasteiger partial charge >= 0.3 is 6.18 Å². The molecule has 1 amide bonds. The lowest BCUT2D eigenvalue weighted by Crippen LogP contribution is -2.22. The van der Waals surface area contributed by atoms with Crippen molar-refractivity contribution in [3.8, 4) is 5.75 Å². The molecule has 0 atom stereocenters. The molecule has 28 heavy (non-hydrogen) atoms. The number of rotatable bonds is 6. The van der Waals surface area contributed by atoms with Gasteiger partial charge in [0, 0.05) is 19.8 Å². The highest BCUT2D eigenvalue weighted by molar-refractivity contribution is 7.89. The van der Waals surface area contributed by atoms with Gasteiger partial charge in [0.15, 0.2) is 6.61 Å². The van der Waals surface area contributed by atoms with Crippen LogP contribution in [-0.4, -0.2) is 39.3 Å². The molecule has 0 unspecified atom stereocenters. The number of alkyl halides is 3. The molecule has 0 aliphatic heterocycles. The van der Waals surface area contributed by atoms with Crippen LogP contribution in [0, 0.1) is 0 Å². The van der Waals surface area contributed by atoms with Gasteiger partial charge in [-0.25, -0.2) is 12.7 Å². The van der Waals surface area contributed by atoms with Crippen LogP contribution in [0.5, 0.6) is 5.75 Å². The van der Waals surface area contributed by atoms with Crippen molar-refractivity contribution in [2.24, 2.45) is 0 Å². The van der Waals surface area contributed by atoms with Gasteiger partial charge in [0.25, 0.3) is 5.91 Å². The van der Waals surface area contributed by atoms with Crippen molar-refractivity contribution in [2.75, 3.05) is 26.0 Å². The summed E-state index contributed by atoms with van der Waals surface area (Å²) in [6, 6.07) is 7.89. The minimum absolute atomic E-state index is 0.0326. The Morgan fingerprint density at radius 1 is 1.18 bits per heavy atom. The Morgan fingerprint density at radius 3 is 2.43 bits per heavy atom. The molecule has 2 aromatic carbocycles. The number of halogens is 4. The van der Waals surface area contributed by atoms with E-state index in [1.165, 1.54) is 44.4 Å². The molecule has 0 spiro atoms. The first-order chi connectivity index (χ1) is 12.9. The lowest BCUT2D eigenvalue weighted by atomic mass is 10.2. The van der Waals surface area contributed by atoms with Gasteiger partial charge in [-0.1, -0.05) is 17.7 Å². The van der Waals surface area contributed by atoms with Crippen LogP contribution in [0.2, 0.25) is 5.02 Å². The minimum atomic E-state index is -4.53. The van der Waals surface area contributed by atoms with Crippen molar-refractivity contribution < 1.29 is 31.1 Å². The van der Waals surface area contributed by atoms with E-state index in [-0.39, 0.29) is 21.4 Å². The fourth-order valence-corrected chi connectivity index (χ4v) is 3.31. The van der Waals surface area contributed by atoms with Crippen LogP contribution in [-0.2, 0) is 21.0 Å². The summed E-state index contributed by atoms with van der Waals surface area (Å²) in [5.41, 5.74) is -0.936. The van der Waals surface area contributed by atoms with E-state index in [4.69, 9.17) is 16.3 Å². The molecule has 0 saturated heterocycles. The standard InChI is InChI=1S/C17H16ClF3N2O4S/c1-23(2)28(25,26)13-6-7-15(14(18)9-13)27-10-16(24)22-12-5-3-4-11(8-12)17(19,20)21/h3-9H,10H2,1-2H3,(H,22,24). The number of nitrogens with one attached hydrogen (secondary N) is 1. The van der Waals surface area contributed by atoms with Gasteiger partial charge in [0.1, 0.15) is 5.75 Å². The zero-order valence-corrected chi connectivity index (χ0v) is 16.3. The molecule has 0 aliphatic carbocycles. The third kappa shape index (κ3) is 5.37. The van der Waals surface area contributed by atoms with Crippen molar-refractivity contribution in [1.29, 1.82) is 0 Å². The zero-order chi connectivity index (χ0) is 21.1. The van der Waals surface area contributed by atoms with Crippen LogP contribution in [0.4, 0.5) is 18.9 Å². The van der Waals surface area contributed by atoms with Crippen molar-refractivity contribution in [3.63, 3.8) is 0 Å². The van der Waals surface area contributed by atoms with Crippen LogP contribution in [0.15, 0.2) is 47.4 Å². The highest BCUT2D eigenvalue weighted by Crippen LogP contribution is 2.31. The highest BCUT2D eigenvalue weighted by atomic mass is 35.5. The third-order valence-corrected chi connectivity index (χ3v) is 5.62. The molecule has 0 saturated carbocycles. The van der Waals surface area contributed by atoms with Gasteiger partial charge in [0.05, 0.1) is 15.5 Å². The normalized spacial score (nSPS) is 12.1. The molecule has 0 bridgehead atoms. The predicted molar refractivity (Wildman–Crippen MR) is 97.9 cm³/mol. The van der Waals surface area contributed by atoms with Gasteiger partial charge < -0.3 is 10.1 Å². The fraction of sp³-hybridized carbons (Fsp3) is 0.235. The molecule has 2 rings (SSSR count). The summed E-state index contributed by atoms with van der Waals surface area (Å²) in [5.74, 6) is -0.654. The molecule has 11 heteroatoms. The van der Waals surface area contributed by atoms with Crippen molar-refractivity contribution in [1.82, 2.24) is 4.31 Å². The van der Waals surface area contributed by atoms with Gasteiger partial charge in [-0.3, -0.25) is 4.79 Å². The first-order valence-electron chi connectivity index (χ1n) is 7.73. The summed E-state index contributed by atoms with van der Waals surface area (Å²) in [4.78, 5) is 11.9. The molecular weight excluding hydrogens is 421 g/mol. The van der Waals surface area contributed by atoms with Gasteiger partial charge in [-0.05, 0) is 36.4 Å². The van der Waals surface area contributed by atoms with Gasteiger partial charge in [0.2, 0.25) is 10.0 Å². The number of carbonyl (C=O) groups excluding carboxylic acids is 1. The largest absolute Gasteiger partial charge is 0.482 e. The van der Waals surface area contributed by atoms with Crippen molar-refractivity contribution >= 4 is 33.2 Å². The van der Waals surface area contributed by atoms with Crippen LogP contribution in [0.3, 0.4) is 0 Å². The summed E-state index contributed by atoms with van der Waals surface area (Å²) in [7, 11) is -0.948. The lowest BCUT2D eigenvalue weighted by Gasteiger charge is -2.13. The number of nitrogens with zero attached hydrogens (tertiary/aromatic N) is 1. The van der Waals surface area contributed by atoms with E-state index in [2.05, 4.69) is 5.32 Å². The van der Waals surface area contributed by atoms with Crippen LogP contribution in [0.1, 0.15) is 5.56 Å². The Labute approximate surface area is 164 Å². The second-order valence-electron chi connectivity index (χ2n) is 5.80. The summed E-state index contributed by atoms with van der Waals surface area (Å²) < 4.78 is 68.4. The summed E-state index contributed by atoms with van der Waals surface area (Å²) in [5, 5.41) is 2.25. The predicted octanol–water partition coefficient (Wildman–Crippen LogP) is 3.63. The lowest BCUT2D eigenvalue weighted by molar-refractivity contribution is -0.137. The fourth-order valence-electron chi connectivity index (χ4n) is 2.08. The Morgan fingerprint density at radius 2 is 1.86 bits per heavy atom. The van der Waals surface area contributed by atoms with Crippen LogP contribution >= 0.6 is 11.6 Å². The Balaban J connectivity index is 2.04. The number of hydrogen-bond donors (Lipinski definition) is 1. The van der Waals surface area contributed by atoms with Crippen LogP contribution in [0.25, 0.3) is 0 Å². The second-order valence-corrected chi connectivity index (χ2v) is 8.35. The number of amides is 1. The topological polar surface area (TPSA) is 75.7 Å². The van der Waals surface area contributed by atoms with E-state index >= 15 is 0 Å². The number of sulfonamides is 1. The molecule has 1 N–H and O–H groups in total. The quantitative estimate of drug-likeness (QED) is 0.750. The average Bonchev–Trinajstić information content (AvgIpc) is 2.60. The maximum Gasteiger partial charge on any atom is 0.416 e. The summed E-state index contributed by atoms with van der Waals surface area (Å²) in [6.45, 7) is -0.532. The van der Waals surface area contributed by atoms with E-state index < -0.39 is 34.3 Å².